The molecule has 3 N–H and O–H groups in total. The van der Waals surface area contributed by atoms with Gasteiger partial charge >= 0.3 is 0 Å². The van der Waals surface area contributed by atoms with E-state index >= 15 is 0 Å². The second-order valence-corrected chi connectivity index (χ2v) is 5.80. The van der Waals surface area contributed by atoms with Gasteiger partial charge in [0.2, 0.25) is 0 Å². The van der Waals surface area contributed by atoms with E-state index in [0.29, 0.717) is 5.92 Å². The second kappa shape index (κ2) is 6.42. The highest BCUT2D eigenvalue weighted by atomic mass is 16.5. The molecule has 0 saturated carbocycles. The third-order valence-electron chi connectivity index (χ3n) is 4.56. The topological polar surface area (TPSA) is 47.3 Å². The Bertz CT molecular complexity index is 484. The maximum absolute atomic E-state index is 5.91. The van der Waals surface area contributed by atoms with Crippen LogP contribution in [0.5, 0.6) is 5.75 Å². The molecule has 0 fully saturated rings. The average Bonchev–Trinajstić information content (AvgIpc) is 2.78. The van der Waals surface area contributed by atoms with Crippen LogP contribution in [0.15, 0.2) is 35.9 Å². The lowest BCUT2D eigenvalue weighted by molar-refractivity contribution is 0.251. The summed E-state index contributed by atoms with van der Waals surface area (Å²) in [4.78, 5) is 0. The summed E-state index contributed by atoms with van der Waals surface area (Å²) in [5, 5.41) is 0. The first-order chi connectivity index (χ1) is 9.90. The number of ether oxygens (including phenoxy) is 1. The molecule has 0 aromatic heterocycles. The molecule has 2 unspecified atom stereocenters. The van der Waals surface area contributed by atoms with E-state index in [1.807, 2.05) is 6.07 Å². The van der Waals surface area contributed by atoms with Crippen molar-refractivity contribution in [2.45, 2.75) is 50.5 Å². The van der Waals surface area contributed by atoms with Crippen molar-refractivity contribution in [1.29, 1.82) is 0 Å². The molecule has 0 radical (unpaired) electrons. The fourth-order valence-electron chi connectivity index (χ4n) is 3.52. The fourth-order valence-corrected chi connectivity index (χ4v) is 3.52. The molecule has 1 aliphatic heterocycles. The zero-order chi connectivity index (χ0) is 13.8. The van der Waals surface area contributed by atoms with Crippen molar-refractivity contribution in [2.75, 3.05) is 6.61 Å². The SMILES string of the molecule is NNC(C1=CCCCCC1)C1CCOc2ccccc21. The highest BCUT2D eigenvalue weighted by Gasteiger charge is 2.30. The zero-order valence-corrected chi connectivity index (χ0v) is 12.0. The number of allylic oxidation sites excluding steroid dienone is 1. The number of hydrogen-bond acceptors (Lipinski definition) is 3. The van der Waals surface area contributed by atoms with Crippen LogP contribution in [0.25, 0.3) is 0 Å². The lowest BCUT2D eigenvalue weighted by atomic mass is 9.82. The molecule has 2 atom stereocenters. The van der Waals surface area contributed by atoms with Gasteiger partial charge in [-0.15, -0.1) is 0 Å². The Kier molecular flexibility index (Phi) is 4.38. The van der Waals surface area contributed by atoms with Crippen LogP contribution in [0, 0.1) is 0 Å². The first-order valence-corrected chi connectivity index (χ1v) is 7.77. The first-order valence-electron chi connectivity index (χ1n) is 7.77. The predicted octanol–water partition coefficient (Wildman–Crippen LogP) is 3.28. The minimum atomic E-state index is 0.248. The van der Waals surface area contributed by atoms with E-state index in [2.05, 4.69) is 29.7 Å². The van der Waals surface area contributed by atoms with Crippen LogP contribution in [0.3, 0.4) is 0 Å². The number of benzene rings is 1. The molecule has 0 saturated heterocycles. The molecular weight excluding hydrogens is 248 g/mol. The van der Waals surface area contributed by atoms with E-state index in [4.69, 9.17) is 10.6 Å². The normalized spacial score (nSPS) is 24.1. The van der Waals surface area contributed by atoms with E-state index in [9.17, 15) is 0 Å². The van der Waals surface area contributed by atoms with Crippen molar-refractivity contribution >= 4 is 0 Å². The average molecular weight is 272 g/mol. The molecule has 0 amide bonds. The Balaban J connectivity index is 1.88. The van der Waals surface area contributed by atoms with Gasteiger partial charge in [0.25, 0.3) is 0 Å². The molecule has 1 aliphatic carbocycles. The van der Waals surface area contributed by atoms with Gasteiger partial charge in [0.1, 0.15) is 5.75 Å². The van der Waals surface area contributed by atoms with E-state index in [-0.39, 0.29) is 6.04 Å². The number of hydrazine groups is 1. The van der Waals surface area contributed by atoms with Crippen LogP contribution < -0.4 is 16.0 Å². The summed E-state index contributed by atoms with van der Waals surface area (Å²) in [6.45, 7) is 0.785. The molecule has 20 heavy (non-hydrogen) atoms. The van der Waals surface area contributed by atoms with E-state index in [1.54, 1.807) is 0 Å². The predicted molar refractivity (Wildman–Crippen MR) is 81.6 cm³/mol. The summed E-state index contributed by atoms with van der Waals surface area (Å²) < 4.78 is 5.77. The standard InChI is InChI=1S/C17H24N2O/c18-19-17(13-7-3-1-2-4-8-13)15-11-12-20-16-10-6-5-9-14(15)16/h5-7,9-10,15,17,19H,1-4,8,11-12,18H2. The molecule has 0 spiro atoms. The van der Waals surface area contributed by atoms with Gasteiger partial charge in [0, 0.05) is 12.0 Å². The number of rotatable bonds is 3. The minimum Gasteiger partial charge on any atom is -0.493 e. The monoisotopic (exact) mass is 272 g/mol. The van der Waals surface area contributed by atoms with Gasteiger partial charge in [0.15, 0.2) is 0 Å². The van der Waals surface area contributed by atoms with Gasteiger partial charge in [0.05, 0.1) is 6.61 Å². The summed E-state index contributed by atoms with van der Waals surface area (Å²) in [6, 6.07) is 8.63. The Labute approximate surface area is 121 Å². The summed E-state index contributed by atoms with van der Waals surface area (Å²) in [5.41, 5.74) is 5.88. The summed E-state index contributed by atoms with van der Waals surface area (Å²) in [7, 11) is 0. The largest absolute Gasteiger partial charge is 0.493 e. The number of para-hydroxylation sites is 1. The molecule has 3 rings (SSSR count). The highest BCUT2D eigenvalue weighted by Crippen LogP contribution is 2.38. The van der Waals surface area contributed by atoms with Crippen LogP contribution >= 0.6 is 0 Å². The van der Waals surface area contributed by atoms with Gasteiger partial charge in [-0.1, -0.05) is 36.3 Å². The molecule has 0 bridgehead atoms. The zero-order valence-electron chi connectivity index (χ0n) is 12.0. The molecule has 3 nitrogen and oxygen atoms in total. The van der Waals surface area contributed by atoms with Crippen LogP contribution in [0.2, 0.25) is 0 Å². The number of fused-ring (bicyclic) bond motifs is 1. The molecule has 1 aromatic rings. The molecule has 1 heterocycles. The Morgan fingerprint density at radius 1 is 1.20 bits per heavy atom. The van der Waals surface area contributed by atoms with Crippen molar-refractivity contribution in [3.8, 4) is 5.75 Å². The molecule has 2 aliphatic rings. The molecule has 108 valence electrons. The van der Waals surface area contributed by atoms with Crippen LogP contribution in [0.4, 0.5) is 0 Å². The summed E-state index contributed by atoms with van der Waals surface area (Å²) >= 11 is 0. The lowest BCUT2D eigenvalue weighted by Crippen LogP contribution is -2.42. The third-order valence-corrected chi connectivity index (χ3v) is 4.56. The van der Waals surface area contributed by atoms with Crippen LogP contribution in [-0.2, 0) is 0 Å². The molecule has 3 heteroatoms. The van der Waals surface area contributed by atoms with E-state index < -0.39 is 0 Å². The maximum Gasteiger partial charge on any atom is 0.122 e. The van der Waals surface area contributed by atoms with Gasteiger partial charge in [-0.2, -0.15) is 0 Å². The van der Waals surface area contributed by atoms with Gasteiger partial charge in [-0.25, -0.2) is 0 Å². The quantitative estimate of drug-likeness (QED) is 0.504. The van der Waals surface area contributed by atoms with Crippen molar-refractivity contribution in [3.05, 3.63) is 41.5 Å². The number of nitrogens with one attached hydrogen (secondary N) is 1. The van der Waals surface area contributed by atoms with Gasteiger partial charge < -0.3 is 4.74 Å². The third kappa shape index (κ3) is 2.74. The summed E-state index contributed by atoms with van der Waals surface area (Å²) in [5.74, 6) is 7.36. The fraction of sp³-hybridized carbons (Fsp3) is 0.529. The molecular formula is C17H24N2O. The van der Waals surface area contributed by atoms with Crippen molar-refractivity contribution < 1.29 is 4.74 Å². The van der Waals surface area contributed by atoms with Gasteiger partial charge in [-0.3, -0.25) is 11.3 Å². The number of nitrogens with two attached hydrogens (primary N) is 1. The lowest BCUT2D eigenvalue weighted by Gasteiger charge is -2.33. The Morgan fingerprint density at radius 2 is 2.10 bits per heavy atom. The first kappa shape index (κ1) is 13.7. The smallest absolute Gasteiger partial charge is 0.122 e. The van der Waals surface area contributed by atoms with Crippen molar-refractivity contribution in [3.63, 3.8) is 0 Å². The second-order valence-electron chi connectivity index (χ2n) is 5.80. The van der Waals surface area contributed by atoms with Crippen LogP contribution in [0.1, 0.15) is 50.0 Å². The Hall–Kier alpha value is -1.32. The van der Waals surface area contributed by atoms with Crippen LogP contribution in [-0.4, -0.2) is 12.6 Å². The van der Waals surface area contributed by atoms with Crippen molar-refractivity contribution in [2.24, 2.45) is 5.84 Å². The highest BCUT2D eigenvalue weighted by molar-refractivity contribution is 5.40. The van der Waals surface area contributed by atoms with Crippen molar-refractivity contribution in [1.82, 2.24) is 5.43 Å². The molecule has 1 aromatic carbocycles. The minimum absolute atomic E-state index is 0.248. The van der Waals surface area contributed by atoms with E-state index in [1.165, 1.54) is 43.2 Å². The Morgan fingerprint density at radius 3 is 3.00 bits per heavy atom. The summed E-state index contributed by atoms with van der Waals surface area (Å²) in [6.07, 6.45) is 9.74. The maximum atomic E-state index is 5.91. The van der Waals surface area contributed by atoms with Gasteiger partial charge in [-0.05, 0) is 43.7 Å². The van der Waals surface area contributed by atoms with E-state index in [0.717, 1.165) is 18.8 Å². The number of hydrogen-bond donors (Lipinski definition) is 2.